The minimum absolute atomic E-state index is 0.0535. The van der Waals surface area contributed by atoms with E-state index in [-0.39, 0.29) is 22.3 Å². The number of anilines is 3. The standard InChI is InChI=1S/C12H9ClF4N4/c1-18-8-5-9(21-11(20-8)12(15,16)17)19-7-4-2-3-6(13)10(7)14/h2-5H,1H3,(H2,18,19,20,21). The Hall–Kier alpha value is -2.09. The summed E-state index contributed by atoms with van der Waals surface area (Å²) in [6, 6.07) is 5.33. The molecule has 0 aliphatic rings. The molecule has 9 heteroatoms. The van der Waals surface area contributed by atoms with Gasteiger partial charge in [0, 0.05) is 13.1 Å². The third kappa shape index (κ3) is 3.52. The van der Waals surface area contributed by atoms with Gasteiger partial charge in [0.15, 0.2) is 5.82 Å². The Morgan fingerprint density at radius 2 is 1.81 bits per heavy atom. The van der Waals surface area contributed by atoms with Gasteiger partial charge < -0.3 is 10.6 Å². The first-order chi connectivity index (χ1) is 9.81. The van der Waals surface area contributed by atoms with Gasteiger partial charge in [-0.1, -0.05) is 17.7 Å². The summed E-state index contributed by atoms with van der Waals surface area (Å²) in [6.45, 7) is 0. The van der Waals surface area contributed by atoms with E-state index in [2.05, 4.69) is 20.6 Å². The van der Waals surface area contributed by atoms with Crippen LogP contribution in [-0.4, -0.2) is 17.0 Å². The molecule has 0 saturated heterocycles. The van der Waals surface area contributed by atoms with Crippen LogP contribution < -0.4 is 10.6 Å². The van der Waals surface area contributed by atoms with E-state index >= 15 is 0 Å². The van der Waals surface area contributed by atoms with Crippen molar-refractivity contribution in [2.45, 2.75) is 6.18 Å². The minimum atomic E-state index is -4.71. The molecule has 0 bridgehead atoms. The van der Waals surface area contributed by atoms with Crippen LogP contribution in [0.25, 0.3) is 0 Å². The van der Waals surface area contributed by atoms with Crippen LogP contribution in [-0.2, 0) is 6.18 Å². The van der Waals surface area contributed by atoms with Crippen LogP contribution >= 0.6 is 11.6 Å². The molecule has 1 heterocycles. The molecular formula is C12H9ClF4N4. The van der Waals surface area contributed by atoms with Gasteiger partial charge in [-0.05, 0) is 12.1 Å². The van der Waals surface area contributed by atoms with E-state index in [1.807, 2.05) is 0 Å². The number of halogens is 5. The second-order valence-electron chi connectivity index (χ2n) is 3.94. The van der Waals surface area contributed by atoms with Crippen molar-refractivity contribution in [3.05, 3.63) is 40.9 Å². The van der Waals surface area contributed by atoms with Crippen LogP contribution in [0.1, 0.15) is 5.82 Å². The number of nitrogens with zero attached hydrogens (tertiary/aromatic N) is 2. The zero-order chi connectivity index (χ0) is 15.6. The van der Waals surface area contributed by atoms with Crippen LogP contribution in [0.3, 0.4) is 0 Å². The normalized spacial score (nSPS) is 11.3. The summed E-state index contributed by atoms with van der Waals surface area (Å²) in [5.74, 6) is -2.37. The van der Waals surface area contributed by atoms with Gasteiger partial charge in [0.1, 0.15) is 11.6 Å². The molecule has 0 amide bonds. The number of rotatable bonds is 3. The van der Waals surface area contributed by atoms with E-state index in [1.165, 1.54) is 31.3 Å². The van der Waals surface area contributed by atoms with Crippen LogP contribution in [0.4, 0.5) is 34.9 Å². The highest BCUT2D eigenvalue weighted by Crippen LogP contribution is 2.30. The molecule has 2 aromatic rings. The lowest BCUT2D eigenvalue weighted by atomic mass is 10.3. The average molecular weight is 321 g/mol. The monoisotopic (exact) mass is 320 g/mol. The number of hydrogen-bond donors (Lipinski definition) is 2. The van der Waals surface area contributed by atoms with Crippen molar-refractivity contribution < 1.29 is 17.6 Å². The second kappa shape index (κ2) is 5.72. The Morgan fingerprint density at radius 1 is 1.14 bits per heavy atom. The number of aromatic nitrogens is 2. The molecule has 21 heavy (non-hydrogen) atoms. The van der Waals surface area contributed by atoms with E-state index in [4.69, 9.17) is 11.6 Å². The van der Waals surface area contributed by atoms with Crippen LogP contribution in [0, 0.1) is 5.82 Å². The van der Waals surface area contributed by atoms with E-state index in [9.17, 15) is 17.6 Å². The van der Waals surface area contributed by atoms with E-state index in [0.29, 0.717) is 0 Å². The van der Waals surface area contributed by atoms with Crippen molar-refractivity contribution in [1.82, 2.24) is 9.97 Å². The van der Waals surface area contributed by atoms with Gasteiger partial charge in [-0.3, -0.25) is 0 Å². The van der Waals surface area contributed by atoms with Crippen molar-refractivity contribution in [3.63, 3.8) is 0 Å². The largest absolute Gasteiger partial charge is 0.451 e. The first-order valence-corrected chi connectivity index (χ1v) is 6.04. The molecule has 0 unspecified atom stereocenters. The summed E-state index contributed by atoms with van der Waals surface area (Å²) in [5, 5.41) is 4.78. The fraction of sp³-hybridized carbons (Fsp3) is 0.167. The van der Waals surface area contributed by atoms with E-state index in [1.54, 1.807) is 0 Å². The molecule has 0 radical (unpaired) electrons. The number of hydrogen-bond acceptors (Lipinski definition) is 4. The second-order valence-corrected chi connectivity index (χ2v) is 4.34. The lowest BCUT2D eigenvalue weighted by Gasteiger charge is -2.12. The third-order valence-corrected chi connectivity index (χ3v) is 2.74. The fourth-order valence-electron chi connectivity index (χ4n) is 1.50. The Kier molecular flexibility index (Phi) is 4.17. The van der Waals surface area contributed by atoms with Gasteiger partial charge in [-0.2, -0.15) is 13.2 Å². The lowest BCUT2D eigenvalue weighted by Crippen LogP contribution is -2.13. The molecule has 1 aromatic heterocycles. The first kappa shape index (κ1) is 15.3. The molecule has 0 aliphatic heterocycles. The molecular weight excluding hydrogens is 312 g/mol. The quantitative estimate of drug-likeness (QED) is 0.837. The number of nitrogens with one attached hydrogen (secondary N) is 2. The Labute approximate surface area is 122 Å². The van der Waals surface area contributed by atoms with Gasteiger partial charge in [-0.15, -0.1) is 0 Å². The van der Waals surface area contributed by atoms with Crippen LogP contribution in [0.2, 0.25) is 5.02 Å². The van der Waals surface area contributed by atoms with Gasteiger partial charge >= 0.3 is 6.18 Å². The summed E-state index contributed by atoms with van der Waals surface area (Å²) in [7, 11) is 1.41. The Bertz CT molecular complexity index is 660. The molecule has 1 aromatic carbocycles. The molecule has 0 aliphatic carbocycles. The average Bonchev–Trinajstić information content (AvgIpc) is 2.42. The molecule has 0 atom stereocenters. The van der Waals surface area contributed by atoms with Gasteiger partial charge in [0.05, 0.1) is 10.7 Å². The van der Waals surface area contributed by atoms with Crippen molar-refractivity contribution in [3.8, 4) is 0 Å². The summed E-state index contributed by atoms with van der Waals surface area (Å²) in [5.41, 5.74) is -0.0867. The minimum Gasteiger partial charge on any atom is -0.373 e. The fourth-order valence-corrected chi connectivity index (χ4v) is 1.68. The molecule has 0 spiro atoms. The summed E-state index contributed by atoms with van der Waals surface area (Å²) >= 11 is 5.60. The molecule has 4 nitrogen and oxygen atoms in total. The predicted molar refractivity (Wildman–Crippen MR) is 71.3 cm³/mol. The summed E-state index contributed by atoms with van der Waals surface area (Å²) in [4.78, 5) is 6.62. The van der Waals surface area contributed by atoms with Crippen molar-refractivity contribution >= 4 is 28.9 Å². The summed E-state index contributed by atoms with van der Waals surface area (Å²) in [6.07, 6.45) is -4.71. The third-order valence-electron chi connectivity index (χ3n) is 2.45. The van der Waals surface area contributed by atoms with E-state index < -0.39 is 17.8 Å². The number of alkyl halides is 3. The maximum absolute atomic E-state index is 13.7. The molecule has 0 saturated carbocycles. The summed E-state index contributed by atoms with van der Waals surface area (Å²) < 4.78 is 51.8. The molecule has 2 rings (SSSR count). The Balaban J connectivity index is 2.42. The topological polar surface area (TPSA) is 49.8 Å². The highest BCUT2D eigenvalue weighted by Gasteiger charge is 2.35. The molecule has 112 valence electrons. The number of benzene rings is 1. The smallest absolute Gasteiger partial charge is 0.373 e. The zero-order valence-electron chi connectivity index (χ0n) is 10.6. The van der Waals surface area contributed by atoms with Gasteiger partial charge in [0.25, 0.3) is 0 Å². The van der Waals surface area contributed by atoms with Gasteiger partial charge in [0.2, 0.25) is 5.82 Å². The highest BCUT2D eigenvalue weighted by atomic mass is 35.5. The first-order valence-electron chi connectivity index (χ1n) is 5.66. The van der Waals surface area contributed by atoms with Crippen molar-refractivity contribution in [2.24, 2.45) is 0 Å². The SMILES string of the molecule is CNc1cc(Nc2cccc(Cl)c2F)nc(C(F)(F)F)n1. The maximum atomic E-state index is 13.7. The predicted octanol–water partition coefficient (Wildman–Crippen LogP) is 4.07. The Morgan fingerprint density at radius 3 is 2.43 bits per heavy atom. The lowest BCUT2D eigenvalue weighted by molar-refractivity contribution is -0.144. The zero-order valence-corrected chi connectivity index (χ0v) is 11.3. The van der Waals surface area contributed by atoms with Crippen molar-refractivity contribution in [2.75, 3.05) is 17.7 Å². The van der Waals surface area contributed by atoms with E-state index in [0.717, 1.165) is 0 Å². The van der Waals surface area contributed by atoms with Crippen molar-refractivity contribution in [1.29, 1.82) is 0 Å². The van der Waals surface area contributed by atoms with Gasteiger partial charge in [-0.25, -0.2) is 14.4 Å². The maximum Gasteiger partial charge on any atom is 0.451 e. The molecule has 0 fully saturated rings. The molecule has 2 N–H and O–H groups in total. The van der Waals surface area contributed by atoms with Crippen LogP contribution in [0.15, 0.2) is 24.3 Å². The highest BCUT2D eigenvalue weighted by molar-refractivity contribution is 6.31. The van der Waals surface area contributed by atoms with Crippen LogP contribution in [0.5, 0.6) is 0 Å².